The zero-order valence-corrected chi connectivity index (χ0v) is 28.1. The standard InChI is InChI=1S/C26H23I3O9S/c1-9(2)11-8-16(10(3)6-17(11)39(33,34)35)36-24(30)18-12-7-13-19(18)25(31)37-22(13)23(12)38-26(32)20-14(27)4-5-15(28)21(20)29/h4-6,8-9,12-13,18-19,22-23H,7H2,1-3H3,(H,33,34,35)/p-1. The lowest BCUT2D eigenvalue weighted by atomic mass is 9.78. The van der Waals surface area contributed by atoms with Gasteiger partial charge in [-0.05, 0) is 122 Å². The van der Waals surface area contributed by atoms with Crippen molar-refractivity contribution >= 4 is 95.8 Å². The molecule has 0 N–H and O–H groups in total. The molecule has 0 radical (unpaired) electrons. The Morgan fingerprint density at radius 2 is 1.77 bits per heavy atom. The number of carbonyl (C=O) groups is 3. The largest absolute Gasteiger partial charge is 0.744 e. The third-order valence-electron chi connectivity index (χ3n) is 7.72. The van der Waals surface area contributed by atoms with Crippen LogP contribution in [0.4, 0.5) is 0 Å². The molecule has 0 aromatic heterocycles. The zero-order chi connectivity index (χ0) is 28.5. The van der Waals surface area contributed by atoms with E-state index in [0.717, 1.165) is 10.7 Å². The fraction of sp³-hybridized carbons (Fsp3) is 0.423. The maximum absolute atomic E-state index is 13.6. The molecule has 0 spiro atoms. The third kappa shape index (κ3) is 5.11. The van der Waals surface area contributed by atoms with Crippen LogP contribution in [0.15, 0.2) is 29.2 Å². The molecule has 1 saturated heterocycles. The van der Waals surface area contributed by atoms with E-state index in [0.29, 0.717) is 17.5 Å². The van der Waals surface area contributed by atoms with Crippen molar-refractivity contribution < 1.29 is 41.6 Å². The van der Waals surface area contributed by atoms with Gasteiger partial charge in [0.1, 0.15) is 28.1 Å². The maximum atomic E-state index is 13.6. The molecule has 2 aromatic rings. The van der Waals surface area contributed by atoms with Crippen LogP contribution in [0.25, 0.3) is 0 Å². The highest BCUT2D eigenvalue weighted by atomic mass is 127. The second kappa shape index (κ2) is 10.7. The number of hydrogen-bond acceptors (Lipinski definition) is 9. The number of aryl methyl sites for hydroxylation is 1. The first-order valence-corrected chi connectivity index (χ1v) is 16.7. The zero-order valence-electron chi connectivity index (χ0n) is 20.8. The van der Waals surface area contributed by atoms with Gasteiger partial charge in [-0.3, -0.25) is 9.59 Å². The lowest BCUT2D eigenvalue weighted by molar-refractivity contribution is -0.149. The van der Waals surface area contributed by atoms with Gasteiger partial charge in [-0.25, -0.2) is 13.2 Å². The highest BCUT2D eigenvalue weighted by Crippen LogP contribution is 2.59. The second-order valence-corrected chi connectivity index (χ2v) is 15.0. The van der Waals surface area contributed by atoms with E-state index in [1.54, 1.807) is 13.8 Å². The molecule has 2 aromatic carbocycles. The summed E-state index contributed by atoms with van der Waals surface area (Å²) >= 11 is 6.31. The van der Waals surface area contributed by atoms with Gasteiger partial charge in [0.15, 0.2) is 0 Å². The molecular formula is C26H22I3O9S-. The Morgan fingerprint density at radius 3 is 2.41 bits per heavy atom. The van der Waals surface area contributed by atoms with E-state index in [4.69, 9.17) is 14.2 Å². The predicted octanol–water partition coefficient (Wildman–Crippen LogP) is 4.77. The van der Waals surface area contributed by atoms with Crippen LogP contribution >= 0.6 is 67.8 Å². The summed E-state index contributed by atoms with van der Waals surface area (Å²) < 4.78 is 55.0. The number of benzene rings is 2. The Hall–Kier alpha value is -1.05. The molecule has 6 atom stereocenters. The number of ether oxygens (including phenoxy) is 3. The summed E-state index contributed by atoms with van der Waals surface area (Å²) in [5.41, 5.74) is 0.958. The Labute approximate surface area is 266 Å². The van der Waals surface area contributed by atoms with Gasteiger partial charge >= 0.3 is 17.9 Å². The molecule has 2 bridgehead atoms. The van der Waals surface area contributed by atoms with E-state index in [-0.39, 0.29) is 28.0 Å². The van der Waals surface area contributed by atoms with Crippen LogP contribution in [0.1, 0.15) is 47.7 Å². The average Bonchev–Trinajstić information content (AvgIpc) is 3.46. The van der Waals surface area contributed by atoms with E-state index in [1.165, 1.54) is 19.1 Å². The summed E-state index contributed by atoms with van der Waals surface area (Å²) in [7, 11) is -4.74. The van der Waals surface area contributed by atoms with E-state index in [2.05, 4.69) is 67.8 Å². The normalized spacial score (nSPS) is 27.1. The Kier molecular flexibility index (Phi) is 8.04. The van der Waals surface area contributed by atoms with Gasteiger partial charge < -0.3 is 18.8 Å². The van der Waals surface area contributed by atoms with Crippen LogP contribution in [0.5, 0.6) is 5.75 Å². The summed E-state index contributed by atoms with van der Waals surface area (Å²) in [6.07, 6.45) is -0.940. The van der Waals surface area contributed by atoms with Crippen molar-refractivity contribution in [1.29, 1.82) is 0 Å². The van der Waals surface area contributed by atoms with Crippen LogP contribution in [0, 0.1) is 41.3 Å². The first-order valence-electron chi connectivity index (χ1n) is 12.1. The fourth-order valence-corrected chi connectivity index (χ4v) is 9.23. The minimum atomic E-state index is -4.74. The highest BCUT2D eigenvalue weighted by Gasteiger charge is 2.70. The fourth-order valence-electron chi connectivity index (χ4n) is 6.00. The first-order chi connectivity index (χ1) is 18.2. The van der Waals surface area contributed by atoms with Crippen LogP contribution in [0.3, 0.4) is 0 Å². The monoisotopic (exact) mass is 891 g/mol. The lowest BCUT2D eigenvalue weighted by Gasteiger charge is -2.30. The SMILES string of the molecule is Cc1cc(S(=O)(=O)[O-])c(C(C)C)cc1OC(=O)C1C2CC3C(OC(=O)C31)C2OC(=O)c1c(I)ccc(I)c1I. The van der Waals surface area contributed by atoms with Crippen molar-refractivity contribution in [3.05, 3.63) is 51.7 Å². The Morgan fingerprint density at radius 1 is 1.10 bits per heavy atom. The number of halogens is 3. The van der Waals surface area contributed by atoms with Crippen molar-refractivity contribution in [1.82, 2.24) is 0 Å². The van der Waals surface area contributed by atoms with Crippen molar-refractivity contribution in [3.63, 3.8) is 0 Å². The Bertz CT molecular complexity index is 1520. The number of carbonyl (C=O) groups excluding carboxylic acids is 3. The predicted molar refractivity (Wildman–Crippen MR) is 161 cm³/mol. The maximum Gasteiger partial charge on any atom is 0.340 e. The topological polar surface area (TPSA) is 136 Å². The van der Waals surface area contributed by atoms with Gasteiger partial charge in [-0.15, -0.1) is 0 Å². The van der Waals surface area contributed by atoms with E-state index in [1.807, 2.05) is 12.1 Å². The van der Waals surface area contributed by atoms with Gasteiger partial charge in [0.05, 0.1) is 22.3 Å². The smallest absolute Gasteiger partial charge is 0.340 e. The quantitative estimate of drug-likeness (QED) is 0.132. The minimum absolute atomic E-state index is 0.110. The van der Waals surface area contributed by atoms with Crippen LogP contribution in [-0.2, 0) is 29.2 Å². The number of esters is 3. The van der Waals surface area contributed by atoms with Gasteiger partial charge in [0.2, 0.25) is 0 Å². The second-order valence-electron chi connectivity index (χ2n) is 10.3. The van der Waals surface area contributed by atoms with Gasteiger partial charge in [-0.1, -0.05) is 13.8 Å². The summed E-state index contributed by atoms with van der Waals surface area (Å²) in [6.45, 7) is 4.99. The van der Waals surface area contributed by atoms with Crippen molar-refractivity contribution in [3.8, 4) is 5.75 Å². The molecule has 6 unspecified atom stereocenters. The molecule has 2 saturated carbocycles. The molecule has 3 fully saturated rings. The van der Waals surface area contributed by atoms with Crippen LogP contribution in [0.2, 0.25) is 0 Å². The third-order valence-corrected chi connectivity index (χ3v) is 12.6. The molecule has 1 heterocycles. The van der Waals surface area contributed by atoms with Gasteiger partial charge in [0, 0.05) is 22.5 Å². The molecule has 2 aliphatic carbocycles. The minimum Gasteiger partial charge on any atom is -0.744 e. The van der Waals surface area contributed by atoms with Crippen molar-refractivity contribution in [2.45, 2.75) is 50.2 Å². The van der Waals surface area contributed by atoms with E-state index < -0.39 is 58.0 Å². The van der Waals surface area contributed by atoms with Crippen molar-refractivity contribution in [2.75, 3.05) is 0 Å². The molecule has 0 amide bonds. The Balaban J connectivity index is 1.43. The van der Waals surface area contributed by atoms with Crippen LogP contribution < -0.4 is 4.74 Å². The molecule has 208 valence electrons. The molecule has 13 heteroatoms. The highest BCUT2D eigenvalue weighted by molar-refractivity contribution is 14.1. The molecule has 9 nitrogen and oxygen atoms in total. The summed E-state index contributed by atoms with van der Waals surface area (Å²) in [5.74, 6) is -4.30. The number of hydrogen-bond donors (Lipinski definition) is 0. The first kappa shape index (κ1) is 29.4. The van der Waals surface area contributed by atoms with Crippen molar-refractivity contribution in [2.24, 2.45) is 23.7 Å². The summed E-state index contributed by atoms with van der Waals surface area (Å²) in [6, 6.07) is 6.32. The average molecular weight is 891 g/mol. The van der Waals surface area contributed by atoms with E-state index in [9.17, 15) is 27.4 Å². The summed E-state index contributed by atoms with van der Waals surface area (Å²) in [4.78, 5) is 39.3. The van der Waals surface area contributed by atoms with E-state index >= 15 is 0 Å². The molecule has 3 aliphatic rings. The number of rotatable bonds is 6. The molecular weight excluding hydrogens is 869 g/mol. The summed E-state index contributed by atoms with van der Waals surface area (Å²) in [5, 5.41) is 0. The number of fused-ring (bicyclic) bond motifs is 1. The van der Waals surface area contributed by atoms with Gasteiger partial charge in [-0.2, -0.15) is 0 Å². The molecule has 1 aliphatic heterocycles. The van der Waals surface area contributed by atoms with Gasteiger partial charge in [0.25, 0.3) is 0 Å². The molecule has 39 heavy (non-hydrogen) atoms. The lowest BCUT2D eigenvalue weighted by Crippen LogP contribution is -2.44. The van der Waals surface area contributed by atoms with Crippen LogP contribution in [-0.4, -0.2) is 43.1 Å². The molecule has 5 rings (SSSR count).